The molecule has 2 amide bonds. The van der Waals surface area contributed by atoms with Crippen molar-refractivity contribution in [2.45, 2.75) is 0 Å². The highest BCUT2D eigenvalue weighted by atomic mass is 35.5. The lowest BCUT2D eigenvalue weighted by atomic mass is 10.2. The molecule has 0 heterocycles. The van der Waals surface area contributed by atoms with Gasteiger partial charge >= 0.3 is 0 Å². The van der Waals surface area contributed by atoms with E-state index in [9.17, 15) is 14.0 Å². The lowest BCUT2D eigenvalue weighted by Crippen LogP contribution is -2.38. The Labute approximate surface area is 143 Å². The number of rotatable bonds is 7. The van der Waals surface area contributed by atoms with Gasteiger partial charge in [0.05, 0.1) is 13.1 Å². The highest BCUT2D eigenvalue weighted by Gasteiger charge is 2.08. The summed E-state index contributed by atoms with van der Waals surface area (Å²) in [6, 6.07) is 12.0. The zero-order valence-corrected chi connectivity index (χ0v) is 13.5. The largest absolute Gasteiger partial charge is 0.492 e. The van der Waals surface area contributed by atoms with E-state index in [2.05, 4.69) is 10.6 Å². The first-order chi connectivity index (χ1) is 11.5. The number of ether oxygens (including phenoxy) is 1. The maximum atomic E-state index is 12.7. The Kier molecular flexibility index (Phi) is 6.57. The molecular weight excluding hydrogens is 335 g/mol. The molecule has 2 N–H and O–H groups in total. The molecule has 7 heteroatoms. The number of hydrogen-bond donors (Lipinski definition) is 2. The van der Waals surface area contributed by atoms with Crippen LogP contribution in [0.5, 0.6) is 5.75 Å². The van der Waals surface area contributed by atoms with Crippen molar-refractivity contribution in [1.29, 1.82) is 0 Å². The summed E-state index contributed by atoms with van der Waals surface area (Å²) in [5.41, 5.74) is 0.384. The topological polar surface area (TPSA) is 67.4 Å². The molecule has 0 bridgehead atoms. The fraction of sp³-hybridized carbons (Fsp3) is 0.176. The minimum atomic E-state index is -0.379. The Balaban J connectivity index is 1.64. The number of carbonyl (C=O) groups excluding carboxylic acids is 2. The smallest absolute Gasteiger partial charge is 0.251 e. The minimum absolute atomic E-state index is 0.151. The molecule has 0 saturated heterocycles. The molecule has 0 aliphatic heterocycles. The highest BCUT2D eigenvalue weighted by molar-refractivity contribution is 6.30. The Morgan fingerprint density at radius 2 is 1.83 bits per heavy atom. The van der Waals surface area contributed by atoms with Crippen molar-refractivity contribution in [2.24, 2.45) is 0 Å². The summed E-state index contributed by atoms with van der Waals surface area (Å²) in [4.78, 5) is 23.5. The van der Waals surface area contributed by atoms with Gasteiger partial charge in [0.25, 0.3) is 5.91 Å². The van der Waals surface area contributed by atoms with Crippen LogP contribution in [0.2, 0.25) is 5.02 Å². The first kappa shape index (κ1) is 17.7. The maximum absolute atomic E-state index is 12.7. The SMILES string of the molecule is O=C(CNC(=O)c1cccc(Cl)c1)NCCOc1ccc(F)cc1. The molecule has 5 nitrogen and oxygen atoms in total. The van der Waals surface area contributed by atoms with Crippen LogP contribution in [0, 0.1) is 5.82 Å². The van der Waals surface area contributed by atoms with Crippen molar-refractivity contribution < 1.29 is 18.7 Å². The number of benzene rings is 2. The van der Waals surface area contributed by atoms with Crippen LogP contribution in [0.25, 0.3) is 0 Å². The Hall–Kier alpha value is -2.60. The molecule has 2 rings (SSSR count). The van der Waals surface area contributed by atoms with Crippen LogP contribution in [-0.2, 0) is 4.79 Å². The van der Waals surface area contributed by atoms with Gasteiger partial charge < -0.3 is 15.4 Å². The van der Waals surface area contributed by atoms with E-state index in [1.165, 1.54) is 30.3 Å². The zero-order valence-electron chi connectivity index (χ0n) is 12.7. The number of halogens is 2. The summed E-state index contributed by atoms with van der Waals surface area (Å²) >= 11 is 5.80. The quantitative estimate of drug-likeness (QED) is 0.753. The van der Waals surface area contributed by atoms with Crippen molar-refractivity contribution >= 4 is 23.4 Å². The molecule has 126 valence electrons. The third-order valence-corrected chi connectivity index (χ3v) is 3.24. The minimum Gasteiger partial charge on any atom is -0.492 e. The van der Waals surface area contributed by atoms with E-state index in [1.807, 2.05) is 0 Å². The molecule has 0 fully saturated rings. The van der Waals surface area contributed by atoms with Crippen LogP contribution < -0.4 is 15.4 Å². The van der Waals surface area contributed by atoms with E-state index >= 15 is 0 Å². The lowest BCUT2D eigenvalue weighted by Gasteiger charge is -2.09. The molecule has 0 radical (unpaired) electrons. The first-order valence-electron chi connectivity index (χ1n) is 7.23. The Morgan fingerprint density at radius 3 is 2.54 bits per heavy atom. The number of carbonyl (C=O) groups is 2. The van der Waals surface area contributed by atoms with E-state index < -0.39 is 0 Å². The molecule has 0 aliphatic carbocycles. The van der Waals surface area contributed by atoms with Crippen LogP contribution in [0.15, 0.2) is 48.5 Å². The molecular formula is C17H16ClFN2O3. The van der Waals surface area contributed by atoms with Crippen molar-refractivity contribution in [3.05, 3.63) is 64.9 Å². The summed E-state index contributed by atoms with van der Waals surface area (Å²) in [6.07, 6.45) is 0. The fourth-order valence-corrected chi connectivity index (χ4v) is 2.04. The van der Waals surface area contributed by atoms with Crippen LogP contribution in [0.3, 0.4) is 0 Å². The van der Waals surface area contributed by atoms with Gasteiger partial charge in [-0.25, -0.2) is 4.39 Å². The molecule has 0 unspecified atom stereocenters. The van der Waals surface area contributed by atoms with E-state index in [0.29, 0.717) is 16.3 Å². The number of hydrogen-bond acceptors (Lipinski definition) is 3. The van der Waals surface area contributed by atoms with E-state index in [0.717, 1.165) is 0 Å². The van der Waals surface area contributed by atoms with E-state index in [1.54, 1.807) is 18.2 Å². The second-order valence-corrected chi connectivity index (χ2v) is 5.28. The molecule has 0 saturated carbocycles. The van der Waals surface area contributed by atoms with Crippen molar-refractivity contribution in [3.8, 4) is 5.75 Å². The number of nitrogens with one attached hydrogen (secondary N) is 2. The van der Waals surface area contributed by atoms with Gasteiger partial charge in [-0.3, -0.25) is 9.59 Å². The average Bonchev–Trinajstić information content (AvgIpc) is 2.58. The normalized spacial score (nSPS) is 10.1. The monoisotopic (exact) mass is 350 g/mol. The third kappa shape index (κ3) is 5.89. The van der Waals surface area contributed by atoms with Gasteiger partial charge in [0, 0.05) is 10.6 Å². The van der Waals surface area contributed by atoms with Gasteiger partial charge in [-0.2, -0.15) is 0 Å². The second kappa shape index (κ2) is 8.88. The summed E-state index contributed by atoms with van der Waals surface area (Å²) in [5.74, 6) is -0.547. The summed E-state index contributed by atoms with van der Waals surface area (Å²) in [7, 11) is 0. The third-order valence-electron chi connectivity index (χ3n) is 3.00. The van der Waals surface area contributed by atoms with Gasteiger partial charge in [-0.1, -0.05) is 17.7 Å². The standard InChI is InChI=1S/C17H16ClFN2O3/c18-13-3-1-2-12(10-13)17(23)21-11-16(22)20-8-9-24-15-6-4-14(19)5-7-15/h1-7,10H,8-9,11H2,(H,20,22)(H,21,23). The summed E-state index contributed by atoms with van der Waals surface area (Å²) < 4.78 is 18.1. The first-order valence-corrected chi connectivity index (χ1v) is 7.61. The zero-order chi connectivity index (χ0) is 17.4. The van der Waals surface area contributed by atoms with Crippen LogP contribution in [0.1, 0.15) is 10.4 Å². The summed E-state index contributed by atoms with van der Waals surface area (Å²) in [5, 5.41) is 5.55. The predicted octanol–water partition coefficient (Wildman–Crippen LogP) is 2.40. The Morgan fingerprint density at radius 1 is 1.08 bits per heavy atom. The molecule has 0 aliphatic rings. The highest BCUT2D eigenvalue weighted by Crippen LogP contribution is 2.11. The molecule has 0 aromatic heterocycles. The van der Waals surface area contributed by atoms with Crippen molar-refractivity contribution in [2.75, 3.05) is 19.7 Å². The van der Waals surface area contributed by atoms with Gasteiger partial charge in [-0.15, -0.1) is 0 Å². The van der Waals surface area contributed by atoms with Crippen LogP contribution in [0.4, 0.5) is 4.39 Å². The van der Waals surface area contributed by atoms with Gasteiger partial charge in [0.2, 0.25) is 5.91 Å². The Bertz CT molecular complexity index is 707. The van der Waals surface area contributed by atoms with E-state index in [-0.39, 0.29) is 37.3 Å². The lowest BCUT2D eigenvalue weighted by molar-refractivity contribution is -0.120. The molecule has 2 aromatic rings. The molecule has 0 atom stereocenters. The maximum Gasteiger partial charge on any atom is 0.251 e. The van der Waals surface area contributed by atoms with Crippen LogP contribution in [-0.4, -0.2) is 31.5 Å². The fourth-order valence-electron chi connectivity index (χ4n) is 1.84. The van der Waals surface area contributed by atoms with Crippen LogP contribution >= 0.6 is 11.6 Å². The van der Waals surface area contributed by atoms with Gasteiger partial charge in [0.1, 0.15) is 18.2 Å². The molecule has 24 heavy (non-hydrogen) atoms. The van der Waals surface area contributed by atoms with E-state index in [4.69, 9.17) is 16.3 Å². The van der Waals surface area contributed by atoms with Crippen molar-refractivity contribution in [1.82, 2.24) is 10.6 Å². The second-order valence-electron chi connectivity index (χ2n) is 4.85. The van der Waals surface area contributed by atoms with Gasteiger partial charge in [0.15, 0.2) is 0 Å². The molecule has 2 aromatic carbocycles. The van der Waals surface area contributed by atoms with Crippen molar-refractivity contribution in [3.63, 3.8) is 0 Å². The van der Waals surface area contributed by atoms with Gasteiger partial charge in [-0.05, 0) is 42.5 Å². The average molecular weight is 351 g/mol. The number of amides is 2. The predicted molar refractivity (Wildman–Crippen MR) is 88.7 cm³/mol. The summed E-state index contributed by atoms with van der Waals surface area (Å²) in [6.45, 7) is 0.352. The molecule has 0 spiro atoms.